The van der Waals surface area contributed by atoms with E-state index in [0.29, 0.717) is 41.6 Å². The van der Waals surface area contributed by atoms with Gasteiger partial charge in [-0.1, -0.05) is 6.07 Å². The van der Waals surface area contributed by atoms with E-state index < -0.39 is 15.6 Å². The summed E-state index contributed by atoms with van der Waals surface area (Å²) in [6.45, 7) is 7.48. The summed E-state index contributed by atoms with van der Waals surface area (Å²) >= 11 is 0. The van der Waals surface area contributed by atoms with Crippen LogP contribution in [0.25, 0.3) is 22.4 Å². The lowest BCUT2D eigenvalue weighted by Gasteiger charge is -2.31. The number of aromatic nitrogens is 5. The molecule has 0 spiro atoms. The molecule has 0 bridgehead atoms. The van der Waals surface area contributed by atoms with Gasteiger partial charge in [0, 0.05) is 42.7 Å². The molecule has 2 unspecified atom stereocenters. The first-order valence-corrected chi connectivity index (χ1v) is 16.2. The van der Waals surface area contributed by atoms with E-state index in [1.165, 1.54) is 0 Å². The number of rotatable bonds is 7. The van der Waals surface area contributed by atoms with E-state index in [4.69, 9.17) is 24.7 Å². The van der Waals surface area contributed by atoms with Crippen LogP contribution in [0.3, 0.4) is 0 Å². The molecule has 13 heteroatoms. The fourth-order valence-electron chi connectivity index (χ4n) is 5.54. The standard InChI is InChI=1S/C30H38N8O4S/c1-30(2,3)36-43(40,41)23-10-6-8-21(16-23)33-29-34-26(20-12-13-24(31-17-20)37-14-7-9-22(39)18-37)27-28(35-29)38(19-32-27)25-11-4-5-15-42-25/h6,8,10,12-13,16-17,19,22,25,36,39H,4-5,7,9,11,14-15,18H2,1-3H3,(H,33,34,35). The minimum absolute atomic E-state index is 0.136. The van der Waals surface area contributed by atoms with Gasteiger partial charge in [-0.15, -0.1) is 0 Å². The van der Waals surface area contributed by atoms with Crippen LogP contribution < -0.4 is 14.9 Å². The highest BCUT2D eigenvalue weighted by atomic mass is 32.2. The molecule has 2 saturated heterocycles. The van der Waals surface area contributed by atoms with Gasteiger partial charge >= 0.3 is 0 Å². The average Bonchev–Trinajstić information content (AvgIpc) is 3.40. The molecule has 0 amide bonds. The van der Waals surface area contributed by atoms with E-state index in [-0.39, 0.29) is 17.2 Å². The minimum Gasteiger partial charge on any atom is -0.391 e. The third kappa shape index (κ3) is 6.64. The normalized spacial score (nSPS) is 20.0. The second-order valence-corrected chi connectivity index (χ2v) is 13.9. The van der Waals surface area contributed by atoms with Crippen molar-refractivity contribution in [1.82, 2.24) is 29.2 Å². The summed E-state index contributed by atoms with van der Waals surface area (Å²) in [5.74, 6) is 1.09. The summed E-state index contributed by atoms with van der Waals surface area (Å²) in [4.78, 5) is 21.3. The Morgan fingerprint density at radius 1 is 1.05 bits per heavy atom. The Morgan fingerprint density at radius 3 is 2.63 bits per heavy atom. The van der Waals surface area contributed by atoms with Crippen LogP contribution >= 0.6 is 0 Å². The van der Waals surface area contributed by atoms with E-state index in [0.717, 1.165) is 50.0 Å². The second kappa shape index (κ2) is 11.8. The summed E-state index contributed by atoms with van der Waals surface area (Å²) in [6.07, 6.45) is 7.62. The van der Waals surface area contributed by atoms with Gasteiger partial charge in [0.2, 0.25) is 16.0 Å². The zero-order chi connectivity index (χ0) is 30.2. The molecule has 2 atom stereocenters. The van der Waals surface area contributed by atoms with E-state index in [2.05, 4.69) is 14.9 Å². The van der Waals surface area contributed by atoms with Gasteiger partial charge in [-0.3, -0.25) is 4.57 Å². The fourth-order valence-corrected chi connectivity index (χ4v) is 7.00. The van der Waals surface area contributed by atoms with Crippen LogP contribution in [0.5, 0.6) is 0 Å². The van der Waals surface area contributed by atoms with Crippen molar-refractivity contribution in [3.63, 3.8) is 0 Å². The summed E-state index contributed by atoms with van der Waals surface area (Å²) in [5.41, 5.74) is 2.49. The number of hydrogen-bond donors (Lipinski definition) is 3. The van der Waals surface area contributed by atoms with Crippen LogP contribution in [0.2, 0.25) is 0 Å². The Kier molecular flexibility index (Phi) is 8.07. The van der Waals surface area contributed by atoms with Crippen molar-refractivity contribution < 1.29 is 18.3 Å². The lowest BCUT2D eigenvalue weighted by molar-refractivity contribution is -0.0298. The first-order valence-electron chi connectivity index (χ1n) is 14.7. The zero-order valence-electron chi connectivity index (χ0n) is 24.7. The lowest BCUT2D eigenvalue weighted by Crippen LogP contribution is -2.40. The molecule has 0 aliphatic carbocycles. The van der Waals surface area contributed by atoms with Gasteiger partial charge in [-0.05, 0) is 83.2 Å². The first-order chi connectivity index (χ1) is 20.6. The predicted octanol–water partition coefficient (Wildman–Crippen LogP) is 4.37. The van der Waals surface area contributed by atoms with E-state index >= 15 is 0 Å². The molecule has 2 aliphatic heterocycles. The highest BCUT2D eigenvalue weighted by Gasteiger charge is 2.25. The summed E-state index contributed by atoms with van der Waals surface area (Å²) in [7, 11) is -3.74. The molecule has 5 heterocycles. The number of aliphatic hydroxyl groups excluding tert-OH is 1. The Labute approximate surface area is 251 Å². The third-order valence-corrected chi connectivity index (χ3v) is 9.23. The maximum absolute atomic E-state index is 13.0. The third-order valence-electron chi connectivity index (χ3n) is 7.47. The smallest absolute Gasteiger partial charge is 0.241 e. The number of nitrogens with zero attached hydrogens (tertiary/aromatic N) is 6. The Morgan fingerprint density at radius 2 is 1.91 bits per heavy atom. The number of aliphatic hydroxyl groups is 1. The van der Waals surface area contributed by atoms with Gasteiger partial charge in [0.1, 0.15) is 23.3 Å². The van der Waals surface area contributed by atoms with Crippen LogP contribution in [-0.4, -0.2) is 69.4 Å². The molecule has 12 nitrogen and oxygen atoms in total. The van der Waals surface area contributed by atoms with Crippen LogP contribution in [0.1, 0.15) is 59.1 Å². The number of benzene rings is 1. The molecule has 3 aromatic heterocycles. The summed E-state index contributed by atoms with van der Waals surface area (Å²) in [6, 6.07) is 10.5. The van der Waals surface area contributed by atoms with Crippen molar-refractivity contribution in [1.29, 1.82) is 0 Å². The molecule has 2 fully saturated rings. The largest absolute Gasteiger partial charge is 0.391 e. The molecular weight excluding hydrogens is 568 g/mol. The van der Waals surface area contributed by atoms with Gasteiger partial charge < -0.3 is 20.1 Å². The van der Waals surface area contributed by atoms with E-state index in [1.807, 2.05) is 16.7 Å². The zero-order valence-corrected chi connectivity index (χ0v) is 25.5. The quantitative estimate of drug-likeness (QED) is 0.277. The van der Waals surface area contributed by atoms with Gasteiger partial charge in [0.25, 0.3) is 0 Å². The van der Waals surface area contributed by atoms with Crippen LogP contribution in [0.15, 0.2) is 53.8 Å². The number of β-amino-alcohol motifs (C(OH)–C–C–N with tert-alkyl or cyclic N) is 1. The maximum atomic E-state index is 13.0. The number of anilines is 3. The number of pyridine rings is 1. The van der Waals surface area contributed by atoms with Crippen molar-refractivity contribution in [3.05, 3.63) is 48.9 Å². The average molecular weight is 607 g/mol. The van der Waals surface area contributed by atoms with Crippen molar-refractivity contribution in [2.75, 3.05) is 29.9 Å². The molecule has 0 saturated carbocycles. The lowest BCUT2D eigenvalue weighted by atomic mass is 10.1. The molecule has 43 heavy (non-hydrogen) atoms. The molecular formula is C30H38N8O4S. The molecule has 1 aromatic carbocycles. The SMILES string of the molecule is CC(C)(C)NS(=O)(=O)c1cccc(Nc2nc(-c3ccc(N4CCCC(O)C4)nc3)c3ncn(C4CCCCO4)c3n2)c1. The highest BCUT2D eigenvalue weighted by Crippen LogP contribution is 2.32. The highest BCUT2D eigenvalue weighted by molar-refractivity contribution is 7.89. The minimum atomic E-state index is -3.74. The van der Waals surface area contributed by atoms with Gasteiger partial charge in [-0.2, -0.15) is 4.98 Å². The van der Waals surface area contributed by atoms with Crippen LogP contribution in [0, 0.1) is 0 Å². The van der Waals surface area contributed by atoms with Gasteiger partial charge in [-0.25, -0.2) is 28.1 Å². The van der Waals surface area contributed by atoms with Gasteiger partial charge in [0.15, 0.2) is 5.65 Å². The Balaban J connectivity index is 1.37. The molecule has 3 N–H and O–H groups in total. The predicted molar refractivity (Wildman–Crippen MR) is 165 cm³/mol. The molecule has 6 rings (SSSR count). The van der Waals surface area contributed by atoms with Crippen LogP contribution in [-0.2, 0) is 14.8 Å². The van der Waals surface area contributed by atoms with Crippen molar-refractivity contribution in [2.24, 2.45) is 0 Å². The number of nitrogens with one attached hydrogen (secondary N) is 2. The maximum Gasteiger partial charge on any atom is 0.241 e. The Bertz CT molecular complexity index is 1700. The molecule has 4 aromatic rings. The topological polar surface area (TPSA) is 147 Å². The van der Waals surface area contributed by atoms with E-state index in [1.54, 1.807) is 57.6 Å². The summed E-state index contributed by atoms with van der Waals surface area (Å²) in [5, 5.41) is 13.3. The second-order valence-electron chi connectivity index (χ2n) is 12.2. The fraction of sp³-hybridized carbons (Fsp3) is 0.467. The van der Waals surface area contributed by atoms with Crippen molar-refractivity contribution in [2.45, 2.75) is 75.6 Å². The number of hydrogen-bond acceptors (Lipinski definition) is 10. The molecule has 228 valence electrons. The first kappa shape index (κ1) is 29.4. The monoisotopic (exact) mass is 606 g/mol. The summed E-state index contributed by atoms with van der Waals surface area (Å²) < 4.78 is 36.7. The van der Waals surface area contributed by atoms with Crippen LogP contribution in [0.4, 0.5) is 17.5 Å². The van der Waals surface area contributed by atoms with E-state index in [9.17, 15) is 13.5 Å². The number of ether oxygens (including phenoxy) is 1. The number of piperidine rings is 1. The number of imidazole rings is 1. The molecule has 2 aliphatic rings. The Hall–Kier alpha value is -3.65. The number of sulfonamides is 1. The van der Waals surface area contributed by atoms with Gasteiger partial charge in [0.05, 0.1) is 17.3 Å². The number of fused-ring (bicyclic) bond motifs is 1. The van der Waals surface area contributed by atoms with Crippen molar-refractivity contribution in [3.8, 4) is 11.3 Å². The van der Waals surface area contributed by atoms with Crippen molar-refractivity contribution >= 4 is 38.6 Å². The molecule has 0 radical (unpaired) electrons.